The summed E-state index contributed by atoms with van der Waals surface area (Å²) in [4.78, 5) is 30.3. The fourth-order valence-corrected chi connectivity index (χ4v) is 3.92. The number of hydrogen-bond donors (Lipinski definition) is 5. The highest BCUT2D eigenvalue weighted by atomic mass is 16.5. The van der Waals surface area contributed by atoms with Crippen molar-refractivity contribution < 1.29 is 19.4 Å². The van der Waals surface area contributed by atoms with Crippen LogP contribution >= 0.6 is 0 Å². The van der Waals surface area contributed by atoms with Gasteiger partial charge in [0.25, 0.3) is 0 Å². The summed E-state index contributed by atoms with van der Waals surface area (Å²) >= 11 is 0. The van der Waals surface area contributed by atoms with Crippen LogP contribution in [0.4, 0.5) is 0 Å². The van der Waals surface area contributed by atoms with Crippen molar-refractivity contribution in [1.29, 1.82) is 0 Å². The van der Waals surface area contributed by atoms with Crippen molar-refractivity contribution in [3.63, 3.8) is 0 Å². The Kier molecular flexibility index (Phi) is 12.6. The first-order chi connectivity index (χ1) is 17.8. The van der Waals surface area contributed by atoms with Crippen LogP contribution in [-0.2, 0) is 22.4 Å². The van der Waals surface area contributed by atoms with Crippen molar-refractivity contribution in [2.24, 2.45) is 44.8 Å². The molecular weight excluding hydrogens is 472 g/mol. The van der Waals surface area contributed by atoms with Crippen LogP contribution in [0.25, 0.3) is 0 Å². The van der Waals surface area contributed by atoms with Crippen LogP contribution < -0.4 is 27.7 Å². The van der Waals surface area contributed by atoms with Gasteiger partial charge in [0.15, 0.2) is 5.96 Å². The second-order valence-electron chi connectivity index (χ2n) is 8.92. The van der Waals surface area contributed by atoms with E-state index < -0.39 is 5.97 Å². The van der Waals surface area contributed by atoms with Crippen molar-refractivity contribution in [1.82, 2.24) is 0 Å². The molecule has 0 saturated heterocycles. The molecule has 0 amide bonds. The van der Waals surface area contributed by atoms with Crippen molar-refractivity contribution in [3.8, 4) is 5.75 Å². The first-order valence-electron chi connectivity index (χ1n) is 12.4. The van der Waals surface area contributed by atoms with Gasteiger partial charge in [-0.3, -0.25) is 14.6 Å². The quantitative estimate of drug-likeness (QED) is 0.147. The van der Waals surface area contributed by atoms with Gasteiger partial charge in [0.05, 0.1) is 5.92 Å². The van der Waals surface area contributed by atoms with E-state index in [1.165, 1.54) is 5.56 Å². The van der Waals surface area contributed by atoms with E-state index >= 15 is 0 Å². The molecule has 0 bridgehead atoms. The first kappa shape index (κ1) is 29.3. The minimum absolute atomic E-state index is 0.0329. The molecule has 0 aliphatic heterocycles. The molecule has 0 atom stereocenters. The molecule has 10 heteroatoms. The van der Waals surface area contributed by atoms with E-state index in [4.69, 9.17) is 32.8 Å². The number of nitrogens with zero attached hydrogens (tertiary/aromatic N) is 2. The number of esters is 1. The average Bonchev–Trinajstić information content (AvgIpc) is 2.89. The van der Waals surface area contributed by atoms with Gasteiger partial charge >= 0.3 is 11.9 Å². The van der Waals surface area contributed by atoms with Crippen molar-refractivity contribution in [2.45, 2.75) is 44.9 Å². The number of benzene rings is 2. The summed E-state index contributed by atoms with van der Waals surface area (Å²) < 4.78 is 5.42. The van der Waals surface area contributed by atoms with Crippen molar-refractivity contribution in [3.05, 3.63) is 65.7 Å². The minimum atomic E-state index is -0.816. The molecule has 1 saturated carbocycles. The first-order valence-corrected chi connectivity index (χ1v) is 12.4. The molecule has 2 aromatic rings. The molecule has 37 heavy (non-hydrogen) atoms. The number of rotatable bonds is 9. The molecule has 9 N–H and O–H groups in total. The van der Waals surface area contributed by atoms with Crippen LogP contribution in [0, 0.1) is 11.8 Å². The van der Waals surface area contributed by atoms with Gasteiger partial charge in [-0.2, -0.15) is 4.99 Å². The van der Waals surface area contributed by atoms with Crippen molar-refractivity contribution >= 4 is 23.9 Å². The van der Waals surface area contributed by atoms with Crippen molar-refractivity contribution in [2.75, 3.05) is 13.1 Å². The minimum Gasteiger partial charge on any atom is -0.481 e. The molecule has 1 aliphatic rings. The maximum atomic E-state index is 12.1. The standard InChI is InChI=1S/C17H23NO4.C10H15N5/c18-11-13-1-6-14(7-2-13)17(21)22-15-8-3-12(4-9-15)5-10-16(19)20;11-9(12)15-10(13)14-7-6-8-4-2-1-3-5-8/h3-4,8-9,13-14H,1-2,5-7,10-11,18H2,(H,19,20);1-5H,6-7H2,(H6,11,12,13,14,15). The number of carboxylic acid groups (broad SMARTS) is 1. The monoisotopic (exact) mass is 510 g/mol. The molecule has 1 aliphatic carbocycles. The van der Waals surface area contributed by atoms with Gasteiger partial charge in [0.2, 0.25) is 5.96 Å². The lowest BCUT2D eigenvalue weighted by atomic mass is 9.82. The number of nitrogens with two attached hydrogens (primary N) is 4. The zero-order valence-corrected chi connectivity index (χ0v) is 21.1. The lowest BCUT2D eigenvalue weighted by Gasteiger charge is -2.26. The molecule has 200 valence electrons. The maximum absolute atomic E-state index is 12.1. The number of carboxylic acids is 1. The van der Waals surface area contributed by atoms with Gasteiger partial charge in [0, 0.05) is 13.0 Å². The highest BCUT2D eigenvalue weighted by molar-refractivity contribution is 5.92. The number of aliphatic carboxylic acids is 1. The molecule has 10 nitrogen and oxygen atoms in total. The fraction of sp³-hybridized carbons (Fsp3) is 0.407. The second-order valence-corrected chi connectivity index (χ2v) is 8.92. The van der Waals surface area contributed by atoms with E-state index in [2.05, 4.69) is 9.98 Å². The third kappa shape index (κ3) is 12.0. The molecule has 0 radical (unpaired) electrons. The number of hydrogen-bond acceptors (Lipinski definition) is 5. The van der Waals surface area contributed by atoms with E-state index in [0.29, 0.717) is 31.2 Å². The molecule has 1 fully saturated rings. The number of ether oxygens (including phenoxy) is 1. The summed E-state index contributed by atoms with van der Waals surface area (Å²) in [5.74, 6) is 0.0799. The normalized spacial score (nSPS) is 17.2. The highest BCUT2D eigenvalue weighted by Gasteiger charge is 2.27. The molecule has 0 heterocycles. The van der Waals surface area contributed by atoms with E-state index in [0.717, 1.165) is 37.7 Å². The lowest BCUT2D eigenvalue weighted by Crippen LogP contribution is -2.28. The Bertz CT molecular complexity index is 1030. The lowest BCUT2D eigenvalue weighted by molar-refractivity contribution is -0.140. The highest BCUT2D eigenvalue weighted by Crippen LogP contribution is 2.29. The zero-order chi connectivity index (χ0) is 27.0. The average molecular weight is 511 g/mol. The van der Waals surface area contributed by atoms with Crippen LogP contribution in [0.15, 0.2) is 64.6 Å². The Hall–Kier alpha value is -3.92. The Labute approximate surface area is 217 Å². The fourth-order valence-electron chi connectivity index (χ4n) is 3.92. The smallest absolute Gasteiger partial charge is 0.314 e. The van der Waals surface area contributed by atoms with Gasteiger partial charge in [-0.1, -0.05) is 42.5 Å². The molecule has 0 aromatic heterocycles. The topological polar surface area (TPSA) is 192 Å². The number of guanidine groups is 2. The number of carbonyl (C=O) groups is 2. The Balaban J connectivity index is 0.000000281. The van der Waals surface area contributed by atoms with Crippen LogP contribution in [0.2, 0.25) is 0 Å². The van der Waals surface area contributed by atoms with E-state index in [1.54, 1.807) is 24.3 Å². The van der Waals surface area contributed by atoms with Crippen LogP contribution in [0.3, 0.4) is 0 Å². The maximum Gasteiger partial charge on any atom is 0.314 e. The third-order valence-electron chi connectivity index (χ3n) is 6.04. The largest absolute Gasteiger partial charge is 0.481 e. The SMILES string of the molecule is NC(N)=NC(N)=NCCc1ccccc1.NCC1CCC(C(=O)Oc2ccc(CCC(=O)O)cc2)CC1. The number of aliphatic imine (C=N–C) groups is 2. The number of aryl methyl sites for hydroxylation is 1. The van der Waals surface area contributed by atoms with E-state index in [1.807, 2.05) is 30.3 Å². The van der Waals surface area contributed by atoms with Gasteiger partial charge in [-0.25, -0.2) is 0 Å². The number of carbonyl (C=O) groups excluding carboxylic acids is 1. The predicted octanol–water partition coefficient (Wildman–Crippen LogP) is 2.19. The van der Waals surface area contributed by atoms with Gasteiger partial charge < -0.3 is 32.8 Å². The Morgan fingerprint density at radius 2 is 1.51 bits per heavy atom. The van der Waals surface area contributed by atoms with Gasteiger partial charge in [0.1, 0.15) is 5.75 Å². The predicted molar refractivity (Wildman–Crippen MR) is 145 cm³/mol. The Morgan fingerprint density at radius 3 is 2.08 bits per heavy atom. The third-order valence-corrected chi connectivity index (χ3v) is 6.04. The molecule has 0 spiro atoms. The Morgan fingerprint density at radius 1 is 0.892 bits per heavy atom. The molecule has 3 rings (SSSR count). The second kappa shape index (κ2) is 15.9. The molecule has 2 aromatic carbocycles. The molecular formula is C27H38N6O4. The van der Waals surface area contributed by atoms with Gasteiger partial charge in [-0.15, -0.1) is 0 Å². The summed E-state index contributed by atoms with van der Waals surface area (Å²) in [5.41, 5.74) is 23.5. The summed E-state index contributed by atoms with van der Waals surface area (Å²) in [6, 6.07) is 17.1. The summed E-state index contributed by atoms with van der Waals surface area (Å²) in [6.45, 7) is 1.27. The summed E-state index contributed by atoms with van der Waals surface area (Å²) in [7, 11) is 0. The van der Waals surface area contributed by atoms with Crippen LogP contribution in [-0.4, -0.2) is 42.1 Å². The summed E-state index contributed by atoms with van der Waals surface area (Å²) in [6.07, 6.45) is 5.07. The van der Waals surface area contributed by atoms with Crippen LogP contribution in [0.1, 0.15) is 43.2 Å². The molecule has 0 unspecified atom stereocenters. The van der Waals surface area contributed by atoms with E-state index in [9.17, 15) is 9.59 Å². The zero-order valence-electron chi connectivity index (χ0n) is 21.1. The van der Waals surface area contributed by atoms with Gasteiger partial charge in [-0.05, 0) is 74.2 Å². The van der Waals surface area contributed by atoms with E-state index in [-0.39, 0.29) is 30.2 Å². The summed E-state index contributed by atoms with van der Waals surface area (Å²) in [5, 5.41) is 8.65. The van der Waals surface area contributed by atoms with Crippen LogP contribution in [0.5, 0.6) is 5.75 Å².